The zero-order chi connectivity index (χ0) is 14.4. The van der Waals surface area contributed by atoms with E-state index in [2.05, 4.69) is 29.1 Å². The van der Waals surface area contributed by atoms with E-state index in [1.54, 1.807) is 0 Å². The normalized spacial score (nSPS) is 14.8. The quantitative estimate of drug-likeness (QED) is 0.753. The second-order valence-electron chi connectivity index (χ2n) is 5.33. The lowest BCUT2D eigenvalue weighted by Gasteiger charge is -2.14. The second kappa shape index (κ2) is 7.70. The molecule has 1 saturated carbocycles. The van der Waals surface area contributed by atoms with Crippen molar-refractivity contribution in [2.24, 2.45) is 0 Å². The fourth-order valence-corrected chi connectivity index (χ4v) is 2.46. The van der Waals surface area contributed by atoms with Gasteiger partial charge >= 0.3 is 0 Å². The molecule has 0 spiro atoms. The number of nitrogens with one attached hydrogen (secondary N) is 1. The van der Waals surface area contributed by atoms with Gasteiger partial charge in [0.15, 0.2) is 5.82 Å². The number of aryl methyl sites for hydroxylation is 2. The first-order chi connectivity index (χ1) is 9.78. The van der Waals surface area contributed by atoms with E-state index < -0.39 is 0 Å². The summed E-state index contributed by atoms with van der Waals surface area (Å²) in [6.07, 6.45) is 5.65. The molecule has 0 aromatic carbocycles. The Kier molecular flexibility index (Phi) is 5.92. The average molecular weight is 277 g/mol. The number of hydrogen-bond acceptors (Lipinski definition) is 4. The molecule has 1 aliphatic rings. The molecule has 1 aromatic heterocycles. The molecule has 20 heavy (non-hydrogen) atoms. The summed E-state index contributed by atoms with van der Waals surface area (Å²) >= 11 is 0. The first-order valence-electron chi connectivity index (χ1n) is 7.97. The highest BCUT2D eigenvalue weighted by atomic mass is 16.5. The zero-order valence-corrected chi connectivity index (χ0v) is 13.0. The SMILES string of the molecule is CCOCc1nc(CC)c(CCNC2CC2)c(CC)n1. The van der Waals surface area contributed by atoms with Crippen LogP contribution in [0.4, 0.5) is 0 Å². The molecule has 1 fully saturated rings. The number of aromatic nitrogens is 2. The summed E-state index contributed by atoms with van der Waals surface area (Å²) in [5.41, 5.74) is 3.75. The predicted octanol–water partition coefficient (Wildman–Crippen LogP) is 2.43. The summed E-state index contributed by atoms with van der Waals surface area (Å²) in [6, 6.07) is 0.767. The summed E-state index contributed by atoms with van der Waals surface area (Å²) in [6.45, 7) is 8.61. The minimum atomic E-state index is 0.525. The lowest BCUT2D eigenvalue weighted by molar-refractivity contribution is 0.128. The van der Waals surface area contributed by atoms with Crippen molar-refractivity contribution in [2.75, 3.05) is 13.2 Å². The van der Waals surface area contributed by atoms with Crippen LogP contribution in [-0.4, -0.2) is 29.2 Å². The largest absolute Gasteiger partial charge is 0.374 e. The van der Waals surface area contributed by atoms with Gasteiger partial charge in [0, 0.05) is 24.0 Å². The monoisotopic (exact) mass is 277 g/mol. The van der Waals surface area contributed by atoms with Gasteiger partial charge in [-0.15, -0.1) is 0 Å². The molecule has 0 radical (unpaired) electrons. The van der Waals surface area contributed by atoms with Crippen molar-refractivity contribution in [2.45, 2.75) is 65.5 Å². The second-order valence-corrected chi connectivity index (χ2v) is 5.33. The van der Waals surface area contributed by atoms with Gasteiger partial charge in [0.25, 0.3) is 0 Å². The van der Waals surface area contributed by atoms with Crippen LogP contribution in [0.3, 0.4) is 0 Å². The van der Waals surface area contributed by atoms with E-state index in [1.165, 1.54) is 29.8 Å². The molecule has 0 bridgehead atoms. The highest BCUT2D eigenvalue weighted by Crippen LogP contribution is 2.19. The van der Waals surface area contributed by atoms with Crippen molar-refractivity contribution in [1.29, 1.82) is 0 Å². The average Bonchev–Trinajstić information content (AvgIpc) is 3.29. The predicted molar refractivity (Wildman–Crippen MR) is 80.8 cm³/mol. The fraction of sp³-hybridized carbons (Fsp3) is 0.750. The Morgan fingerprint density at radius 2 is 1.75 bits per heavy atom. The molecule has 0 unspecified atom stereocenters. The molecule has 1 N–H and O–H groups in total. The maximum absolute atomic E-state index is 5.44. The molecule has 0 saturated heterocycles. The van der Waals surface area contributed by atoms with Gasteiger partial charge in [-0.25, -0.2) is 9.97 Å². The molecule has 1 aromatic rings. The van der Waals surface area contributed by atoms with Crippen LogP contribution in [0.5, 0.6) is 0 Å². The molecular formula is C16H27N3O. The van der Waals surface area contributed by atoms with E-state index in [-0.39, 0.29) is 0 Å². The van der Waals surface area contributed by atoms with Gasteiger partial charge in [-0.3, -0.25) is 0 Å². The molecule has 4 heteroatoms. The van der Waals surface area contributed by atoms with Gasteiger partial charge in [0.05, 0.1) is 0 Å². The number of nitrogens with zero attached hydrogens (tertiary/aromatic N) is 2. The van der Waals surface area contributed by atoms with Crippen LogP contribution >= 0.6 is 0 Å². The Labute approximate surface area is 122 Å². The summed E-state index contributed by atoms with van der Waals surface area (Å²) in [5, 5.41) is 3.58. The van der Waals surface area contributed by atoms with Crippen LogP contribution in [0.25, 0.3) is 0 Å². The van der Waals surface area contributed by atoms with E-state index in [0.717, 1.165) is 37.7 Å². The van der Waals surface area contributed by atoms with Gasteiger partial charge < -0.3 is 10.1 Å². The smallest absolute Gasteiger partial charge is 0.154 e. The van der Waals surface area contributed by atoms with Crippen molar-refractivity contribution >= 4 is 0 Å². The van der Waals surface area contributed by atoms with Gasteiger partial charge in [-0.05, 0) is 51.1 Å². The van der Waals surface area contributed by atoms with Crippen molar-refractivity contribution in [3.8, 4) is 0 Å². The topological polar surface area (TPSA) is 47.0 Å². The molecule has 1 aliphatic carbocycles. The first-order valence-corrected chi connectivity index (χ1v) is 7.97. The zero-order valence-electron chi connectivity index (χ0n) is 13.0. The van der Waals surface area contributed by atoms with E-state index in [9.17, 15) is 0 Å². The lowest BCUT2D eigenvalue weighted by atomic mass is 10.0. The summed E-state index contributed by atoms with van der Waals surface area (Å²) < 4.78 is 5.44. The minimum Gasteiger partial charge on any atom is -0.374 e. The Bertz CT molecular complexity index is 405. The van der Waals surface area contributed by atoms with Crippen molar-refractivity contribution in [1.82, 2.24) is 15.3 Å². The lowest BCUT2D eigenvalue weighted by Crippen LogP contribution is -2.21. The van der Waals surface area contributed by atoms with Gasteiger partial charge in [-0.1, -0.05) is 13.8 Å². The summed E-state index contributed by atoms with van der Waals surface area (Å²) in [7, 11) is 0. The number of rotatable bonds is 9. The third kappa shape index (κ3) is 4.25. The van der Waals surface area contributed by atoms with Gasteiger partial charge in [0.2, 0.25) is 0 Å². The van der Waals surface area contributed by atoms with E-state index in [1.807, 2.05) is 6.92 Å². The molecule has 0 amide bonds. The maximum Gasteiger partial charge on any atom is 0.154 e. The van der Waals surface area contributed by atoms with Gasteiger partial charge in [0.1, 0.15) is 6.61 Å². The highest BCUT2D eigenvalue weighted by molar-refractivity contribution is 5.27. The molecule has 2 rings (SSSR count). The van der Waals surface area contributed by atoms with E-state index in [0.29, 0.717) is 13.2 Å². The van der Waals surface area contributed by atoms with E-state index in [4.69, 9.17) is 4.74 Å². The van der Waals surface area contributed by atoms with Crippen LogP contribution in [-0.2, 0) is 30.6 Å². The molecule has 0 atom stereocenters. The van der Waals surface area contributed by atoms with Crippen molar-refractivity contribution in [3.63, 3.8) is 0 Å². The van der Waals surface area contributed by atoms with Crippen LogP contribution in [0.2, 0.25) is 0 Å². The number of ether oxygens (including phenoxy) is 1. The van der Waals surface area contributed by atoms with Crippen molar-refractivity contribution < 1.29 is 4.74 Å². The minimum absolute atomic E-state index is 0.525. The maximum atomic E-state index is 5.44. The molecular weight excluding hydrogens is 250 g/mol. The fourth-order valence-electron chi connectivity index (χ4n) is 2.46. The van der Waals surface area contributed by atoms with E-state index >= 15 is 0 Å². The van der Waals surface area contributed by atoms with Crippen LogP contribution in [0.15, 0.2) is 0 Å². The summed E-state index contributed by atoms with van der Waals surface area (Å²) in [4.78, 5) is 9.37. The third-order valence-electron chi connectivity index (χ3n) is 3.72. The molecule has 0 aliphatic heterocycles. The third-order valence-corrected chi connectivity index (χ3v) is 3.72. The summed E-state index contributed by atoms with van der Waals surface area (Å²) in [5.74, 6) is 0.833. The Balaban J connectivity index is 2.09. The van der Waals surface area contributed by atoms with Crippen LogP contribution < -0.4 is 5.32 Å². The molecule has 4 nitrogen and oxygen atoms in total. The Hall–Kier alpha value is -1.00. The Morgan fingerprint density at radius 3 is 2.25 bits per heavy atom. The standard InChI is InChI=1S/C16H27N3O/c1-4-14-13(9-10-17-12-7-8-12)15(5-2)19-16(18-14)11-20-6-3/h12,17H,4-11H2,1-3H3. The van der Waals surface area contributed by atoms with Crippen molar-refractivity contribution in [3.05, 3.63) is 22.8 Å². The van der Waals surface area contributed by atoms with Gasteiger partial charge in [-0.2, -0.15) is 0 Å². The molecule has 112 valence electrons. The molecule has 1 heterocycles. The van der Waals surface area contributed by atoms with Crippen LogP contribution in [0.1, 0.15) is 56.4 Å². The Morgan fingerprint density at radius 1 is 1.10 bits per heavy atom. The highest BCUT2D eigenvalue weighted by Gasteiger charge is 2.20. The number of hydrogen-bond donors (Lipinski definition) is 1. The first kappa shape index (κ1) is 15.4. The van der Waals surface area contributed by atoms with Crippen LogP contribution in [0, 0.1) is 0 Å².